The van der Waals surface area contributed by atoms with Gasteiger partial charge in [0, 0.05) is 24.2 Å². The van der Waals surface area contributed by atoms with Crippen molar-refractivity contribution in [3.05, 3.63) is 30.9 Å². The molecule has 1 atom stereocenters. The van der Waals surface area contributed by atoms with Crippen LogP contribution in [0.3, 0.4) is 0 Å². The molecule has 1 heterocycles. The van der Waals surface area contributed by atoms with Gasteiger partial charge in [-0.3, -0.25) is 9.59 Å². The lowest BCUT2D eigenvalue weighted by Crippen LogP contribution is -2.44. The molecule has 124 valence electrons. The first-order chi connectivity index (χ1) is 11.0. The van der Waals surface area contributed by atoms with Gasteiger partial charge in [0.05, 0.1) is 5.69 Å². The predicted molar refractivity (Wildman–Crippen MR) is 91.8 cm³/mol. The molecule has 0 aromatic heterocycles. The topological polar surface area (TPSA) is 58.6 Å². The number of carbonyl (C=O) groups excluding carboxylic acids is 2. The third-order valence-corrected chi connectivity index (χ3v) is 4.10. The molecular weight excluding hydrogens is 292 g/mol. The Balaban J connectivity index is 2.25. The largest absolute Gasteiger partial charge is 0.479 e. The minimum atomic E-state index is -0.549. The van der Waals surface area contributed by atoms with Crippen LogP contribution in [-0.4, -0.2) is 24.5 Å². The lowest BCUT2D eigenvalue weighted by molar-refractivity contribution is -0.125. The lowest BCUT2D eigenvalue weighted by atomic mass is 10.0. The fraction of sp³-hybridized carbons (Fsp3) is 0.444. The fourth-order valence-electron chi connectivity index (χ4n) is 2.71. The van der Waals surface area contributed by atoms with Gasteiger partial charge in [0.25, 0.3) is 5.91 Å². The first-order valence-corrected chi connectivity index (χ1v) is 8.05. The quantitative estimate of drug-likeness (QED) is 0.819. The first-order valence-electron chi connectivity index (χ1n) is 8.05. The molecule has 5 nitrogen and oxygen atoms in total. The first kappa shape index (κ1) is 17.1. The molecule has 0 spiro atoms. The van der Waals surface area contributed by atoms with Crippen molar-refractivity contribution in [2.75, 3.05) is 16.8 Å². The zero-order chi connectivity index (χ0) is 17.0. The molecule has 1 aliphatic rings. The molecule has 0 radical (unpaired) electrons. The molecule has 1 aromatic carbocycles. The fourth-order valence-corrected chi connectivity index (χ4v) is 2.71. The molecule has 1 aromatic rings. The second-order valence-electron chi connectivity index (χ2n) is 5.68. The van der Waals surface area contributed by atoms with Crippen LogP contribution in [0.5, 0.6) is 5.75 Å². The zero-order valence-electron chi connectivity index (χ0n) is 14.0. The van der Waals surface area contributed by atoms with Crippen LogP contribution in [0.4, 0.5) is 11.4 Å². The summed E-state index contributed by atoms with van der Waals surface area (Å²) in [4.78, 5) is 26.0. The Hall–Kier alpha value is -2.30. The summed E-state index contributed by atoms with van der Waals surface area (Å²) in [5.74, 6) is 0.523. The van der Waals surface area contributed by atoms with E-state index in [1.54, 1.807) is 36.1 Å². The third kappa shape index (κ3) is 3.55. The average Bonchev–Trinajstić information content (AvgIpc) is 2.53. The predicted octanol–water partition coefficient (Wildman–Crippen LogP) is 3.36. The highest BCUT2D eigenvalue weighted by atomic mass is 16.5. The van der Waals surface area contributed by atoms with E-state index in [0.29, 0.717) is 23.7 Å². The Morgan fingerprint density at radius 2 is 2.13 bits per heavy atom. The third-order valence-electron chi connectivity index (χ3n) is 4.10. The summed E-state index contributed by atoms with van der Waals surface area (Å²) < 4.78 is 5.68. The number of ether oxygens (including phenoxy) is 1. The molecule has 1 N–H and O–H groups in total. The molecule has 0 bridgehead atoms. The van der Waals surface area contributed by atoms with Gasteiger partial charge < -0.3 is 15.0 Å². The highest BCUT2D eigenvalue weighted by molar-refractivity contribution is 6.01. The number of anilines is 2. The van der Waals surface area contributed by atoms with Crippen molar-refractivity contribution in [1.29, 1.82) is 0 Å². The lowest BCUT2D eigenvalue weighted by Gasteiger charge is -2.32. The van der Waals surface area contributed by atoms with E-state index in [9.17, 15) is 9.59 Å². The standard InChI is InChI=1S/C18H24N2O3/c1-5-10-20-15-9-8-14(19-17(21)13(6-2)7-3)11-16(15)23-12(4)18(20)22/h5,8-9,11-13H,1,6-7,10H2,2-4H3,(H,19,21). The minimum absolute atomic E-state index is 0.00437. The van der Waals surface area contributed by atoms with Crippen LogP contribution in [0.25, 0.3) is 0 Å². The molecular formula is C18H24N2O3. The molecule has 1 aliphatic heterocycles. The Morgan fingerprint density at radius 1 is 1.43 bits per heavy atom. The van der Waals surface area contributed by atoms with E-state index < -0.39 is 6.10 Å². The number of rotatable bonds is 6. The highest BCUT2D eigenvalue weighted by Gasteiger charge is 2.31. The van der Waals surface area contributed by atoms with Crippen molar-refractivity contribution in [2.45, 2.75) is 39.7 Å². The Labute approximate surface area is 137 Å². The van der Waals surface area contributed by atoms with Crippen LogP contribution in [-0.2, 0) is 9.59 Å². The van der Waals surface area contributed by atoms with Crippen LogP contribution >= 0.6 is 0 Å². The summed E-state index contributed by atoms with van der Waals surface area (Å²) >= 11 is 0. The Kier molecular flexibility index (Phi) is 5.42. The maximum absolute atomic E-state index is 12.2. The Morgan fingerprint density at radius 3 is 2.74 bits per heavy atom. The number of benzene rings is 1. The molecule has 23 heavy (non-hydrogen) atoms. The van der Waals surface area contributed by atoms with Crippen molar-refractivity contribution in [3.8, 4) is 5.75 Å². The molecule has 0 saturated heterocycles. The summed E-state index contributed by atoms with van der Waals surface area (Å²) in [6.45, 7) is 9.85. The van der Waals surface area contributed by atoms with E-state index in [2.05, 4.69) is 11.9 Å². The minimum Gasteiger partial charge on any atom is -0.479 e. The SMILES string of the molecule is C=CCN1C(=O)C(C)Oc2cc(NC(=O)C(CC)CC)ccc21. The van der Waals surface area contributed by atoms with E-state index >= 15 is 0 Å². The van der Waals surface area contributed by atoms with Crippen molar-refractivity contribution >= 4 is 23.2 Å². The van der Waals surface area contributed by atoms with Crippen LogP contribution in [0, 0.1) is 5.92 Å². The molecule has 2 rings (SSSR count). The number of amides is 2. The summed E-state index contributed by atoms with van der Waals surface area (Å²) in [6, 6.07) is 5.36. The Bertz CT molecular complexity index is 608. The van der Waals surface area contributed by atoms with Gasteiger partial charge in [-0.1, -0.05) is 19.9 Å². The summed E-state index contributed by atoms with van der Waals surface area (Å²) in [6.07, 6.45) is 2.75. The highest BCUT2D eigenvalue weighted by Crippen LogP contribution is 2.36. The number of carbonyl (C=O) groups is 2. The van der Waals surface area contributed by atoms with Gasteiger partial charge in [0.15, 0.2) is 6.10 Å². The van der Waals surface area contributed by atoms with E-state index in [4.69, 9.17) is 4.74 Å². The van der Waals surface area contributed by atoms with Crippen LogP contribution in [0.2, 0.25) is 0 Å². The van der Waals surface area contributed by atoms with Crippen LogP contribution in [0.1, 0.15) is 33.6 Å². The van der Waals surface area contributed by atoms with Gasteiger partial charge in [0.1, 0.15) is 5.75 Å². The van der Waals surface area contributed by atoms with E-state index in [1.807, 2.05) is 13.8 Å². The molecule has 0 aliphatic carbocycles. The van der Waals surface area contributed by atoms with E-state index in [1.165, 1.54) is 0 Å². The van der Waals surface area contributed by atoms with Gasteiger partial charge in [-0.05, 0) is 31.9 Å². The second kappa shape index (κ2) is 7.31. The van der Waals surface area contributed by atoms with Crippen molar-refractivity contribution in [1.82, 2.24) is 0 Å². The van der Waals surface area contributed by atoms with Crippen LogP contribution in [0.15, 0.2) is 30.9 Å². The molecule has 0 fully saturated rings. The normalized spacial score (nSPS) is 16.8. The van der Waals surface area contributed by atoms with Crippen LogP contribution < -0.4 is 15.0 Å². The smallest absolute Gasteiger partial charge is 0.268 e. The van der Waals surface area contributed by atoms with Gasteiger partial charge in [-0.25, -0.2) is 0 Å². The molecule has 0 saturated carbocycles. The second-order valence-corrected chi connectivity index (χ2v) is 5.68. The number of hydrogen-bond donors (Lipinski definition) is 1. The number of nitrogens with zero attached hydrogens (tertiary/aromatic N) is 1. The number of fused-ring (bicyclic) bond motifs is 1. The van der Waals surface area contributed by atoms with Crippen molar-refractivity contribution < 1.29 is 14.3 Å². The zero-order valence-corrected chi connectivity index (χ0v) is 14.0. The summed E-state index contributed by atoms with van der Waals surface area (Å²) in [5.41, 5.74) is 1.38. The van der Waals surface area contributed by atoms with Crippen molar-refractivity contribution in [3.63, 3.8) is 0 Å². The van der Waals surface area contributed by atoms with Gasteiger partial charge in [-0.2, -0.15) is 0 Å². The maximum atomic E-state index is 12.2. The van der Waals surface area contributed by atoms with Gasteiger partial charge in [0.2, 0.25) is 5.91 Å². The van der Waals surface area contributed by atoms with E-state index in [-0.39, 0.29) is 17.7 Å². The monoisotopic (exact) mass is 316 g/mol. The van der Waals surface area contributed by atoms with Gasteiger partial charge >= 0.3 is 0 Å². The summed E-state index contributed by atoms with van der Waals surface area (Å²) in [5, 5.41) is 2.92. The molecule has 5 heteroatoms. The van der Waals surface area contributed by atoms with E-state index in [0.717, 1.165) is 12.8 Å². The van der Waals surface area contributed by atoms with Gasteiger partial charge in [-0.15, -0.1) is 6.58 Å². The maximum Gasteiger partial charge on any atom is 0.268 e. The summed E-state index contributed by atoms with van der Waals surface area (Å²) in [7, 11) is 0. The van der Waals surface area contributed by atoms with Crippen molar-refractivity contribution in [2.24, 2.45) is 5.92 Å². The molecule has 2 amide bonds. The number of hydrogen-bond acceptors (Lipinski definition) is 3. The molecule has 1 unspecified atom stereocenters. The average molecular weight is 316 g/mol. The number of nitrogens with one attached hydrogen (secondary N) is 1.